The number of nitrogens with zero attached hydrogens (tertiary/aromatic N) is 1. The average Bonchev–Trinajstić information content (AvgIpc) is 3.11. The highest BCUT2D eigenvalue weighted by molar-refractivity contribution is 5.79. The third kappa shape index (κ3) is 2.46. The first-order chi connectivity index (χ1) is 8.84. The molecule has 3 aliphatic rings. The molecule has 2 saturated heterocycles. The maximum atomic E-state index is 12.3. The summed E-state index contributed by atoms with van der Waals surface area (Å²) in [4.78, 5) is 14.4. The van der Waals surface area contributed by atoms with Crippen LogP contribution in [0.5, 0.6) is 0 Å². The van der Waals surface area contributed by atoms with E-state index in [0.29, 0.717) is 5.91 Å². The van der Waals surface area contributed by atoms with E-state index in [9.17, 15) is 4.79 Å². The van der Waals surface area contributed by atoms with Crippen LogP contribution in [-0.4, -0.2) is 37.0 Å². The van der Waals surface area contributed by atoms with Crippen molar-refractivity contribution in [1.82, 2.24) is 10.2 Å². The summed E-state index contributed by atoms with van der Waals surface area (Å²) in [5.41, 5.74) is 0. The number of likely N-dealkylation sites (tertiary alicyclic amines) is 1. The minimum atomic E-state index is 0.259. The third-order valence-electron chi connectivity index (χ3n) is 4.97. The fourth-order valence-corrected chi connectivity index (χ4v) is 3.75. The fraction of sp³-hybridized carbons (Fsp3) is 0.800. The zero-order valence-electron chi connectivity index (χ0n) is 11.1. The average molecular weight is 248 g/mol. The van der Waals surface area contributed by atoms with Crippen molar-refractivity contribution in [1.29, 1.82) is 0 Å². The Morgan fingerprint density at radius 2 is 1.78 bits per heavy atom. The van der Waals surface area contributed by atoms with E-state index >= 15 is 0 Å². The standard InChI is InChI=1S/C15H24N2O/c18-15(13-3-1-2-4-13)17-9-6-12(7-10-17)14-5-8-16-11-14/h1-2,12-14,16H,3-11H2. The lowest BCUT2D eigenvalue weighted by molar-refractivity contribution is -0.136. The lowest BCUT2D eigenvalue weighted by atomic mass is 9.83. The van der Waals surface area contributed by atoms with Gasteiger partial charge in [0.25, 0.3) is 0 Å². The monoisotopic (exact) mass is 248 g/mol. The molecule has 100 valence electrons. The minimum Gasteiger partial charge on any atom is -0.342 e. The molecule has 1 unspecified atom stereocenters. The van der Waals surface area contributed by atoms with E-state index in [1.807, 2.05) is 0 Å². The van der Waals surface area contributed by atoms with Gasteiger partial charge in [0.05, 0.1) is 0 Å². The Labute approximate surface area is 110 Å². The van der Waals surface area contributed by atoms with Crippen LogP contribution in [0, 0.1) is 17.8 Å². The molecule has 1 aliphatic carbocycles. The number of rotatable bonds is 2. The van der Waals surface area contributed by atoms with Crippen LogP contribution >= 0.6 is 0 Å². The van der Waals surface area contributed by atoms with Crippen LogP contribution in [0.4, 0.5) is 0 Å². The van der Waals surface area contributed by atoms with E-state index in [4.69, 9.17) is 0 Å². The highest BCUT2D eigenvalue weighted by atomic mass is 16.2. The van der Waals surface area contributed by atoms with E-state index in [0.717, 1.165) is 37.8 Å². The molecule has 0 aromatic carbocycles. The first-order valence-electron chi connectivity index (χ1n) is 7.49. The topological polar surface area (TPSA) is 32.3 Å². The van der Waals surface area contributed by atoms with Crippen LogP contribution in [0.2, 0.25) is 0 Å². The van der Waals surface area contributed by atoms with Gasteiger partial charge in [0.1, 0.15) is 0 Å². The molecule has 3 rings (SSSR count). The highest BCUT2D eigenvalue weighted by Gasteiger charge is 2.32. The van der Waals surface area contributed by atoms with Crippen molar-refractivity contribution in [3.63, 3.8) is 0 Å². The Morgan fingerprint density at radius 3 is 2.39 bits per heavy atom. The van der Waals surface area contributed by atoms with E-state index in [1.54, 1.807) is 0 Å². The van der Waals surface area contributed by atoms with Gasteiger partial charge in [-0.15, -0.1) is 0 Å². The number of piperidine rings is 1. The Bertz CT molecular complexity index is 317. The van der Waals surface area contributed by atoms with Gasteiger partial charge in [-0.05, 0) is 57.0 Å². The molecule has 0 bridgehead atoms. The highest BCUT2D eigenvalue weighted by Crippen LogP contribution is 2.30. The molecule has 2 heterocycles. The van der Waals surface area contributed by atoms with E-state index in [-0.39, 0.29) is 5.92 Å². The van der Waals surface area contributed by atoms with Crippen molar-refractivity contribution >= 4 is 5.91 Å². The molecule has 1 N–H and O–H groups in total. The molecular weight excluding hydrogens is 224 g/mol. The summed E-state index contributed by atoms with van der Waals surface area (Å²) in [5, 5.41) is 3.46. The molecule has 3 heteroatoms. The molecule has 0 aromatic rings. The molecule has 0 saturated carbocycles. The van der Waals surface area contributed by atoms with Crippen molar-refractivity contribution in [2.75, 3.05) is 26.2 Å². The zero-order chi connectivity index (χ0) is 12.4. The predicted molar refractivity (Wildman–Crippen MR) is 72.1 cm³/mol. The maximum Gasteiger partial charge on any atom is 0.226 e. The molecule has 1 amide bonds. The Hall–Kier alpha value is -0.830. The van der Waals surface area contributed by atoms with Crippen molar-refractivity contribution in [3.8, 4) is 0 Å². The van der Waals surface area contributed by atoms with Gasteiger partial charge in [-0.1, -0.05) is 12.2 Å². The lowest BCUT2D eigenvalue weighted by Gasteiger charge is -2.35. The van der Waals surface area contributed by atoms with E-state index in [1.165, 1.54) is 32.4 Å². The minimum absolute atomic E-state index is 0.259. The van der Waals surface area contributed by atoms with Gasteiger partial charge in [0, 0.05) is 19.0 Å². The molecule has 3 nitrogen and oxygen atoms in total. The van der Waals surface area contributed by atoms with Crippen LogP contribution in [0.15, 0.2) is 12.2 Å². The summed E-state index contributed by atoms with van der Waals surface area (Å²) in [6.45, 7) is 4.38. The normalized spacial score (nSPS) is 30.2. The van der Waals surface area contributed by atoms with Crippen molar-refractivity contribution in [2.45, 2.75) is 32.1 Å². The zero-order valence-corrected chi connectivity index (χ0v) is 11.1. The summed E-state index contributed by atoms with van der Waals surface area (Å²) >= 11 is 0. The van der Waals surface area contributed by atoms with Crippen LogP contribution in [-0.2, 0) is 4.79 Å². The fourth-order valence-electron chi connectivity index (χ4n) is 3.75. The molecule has 0 spiro atoms. The van der Waals surface area contributed by atoms with Gasteiger partial charge >= 0.3 is 0 Å². The summed E-state index contributed by atoms with van der Waals surface area (Å²) in [6.07, 6.45) is 10.0. The van der Waals surface area contributed by atoms with Crippen LogP contribution in [0.3, 0.4) is 0 Å². The molecule has 2 fully saturated rings. The van der Waals surface area contributed by atoms with Gasteiger partial charge in [-0.25, -0.2) is 0 Å². The third-order valence-corrected chi connectivity index (χ3v) is 4.97. The second kappa shape index (κ2) is 5.43. The first kappa shape index (κ1) is 12.2. The number of amides is 1. The summed E-state index contributed by atoms with van der Waals surface area (Å²) in [5.74, 6) is 2.39. The van der Waals surface area contributed by atoms with Gasteiger partial charge in [0.2, 0.25) is 5.91 Å². The van der Waals surface area contributed by atoms with Gasteiger partial charge in [-0.2, -0.15) is 0 Å². The van der Waals surface area contributed by atoms with E-state index in [2.05, 4.69) is 22.4 Å². The lowest BCUT2D eigenvalue weighted by Crippen LogP contribution is -2.42. The number of allylic oxidation sites excluding steroid dienone is 2. The molecule has 18 heavy (non-hydrogen) atoms. The van der Waals surface area contributed by atoms with Gasteiger partial charge in [0.15, 0.2) is 0 Å². The quantitative estimate of drug-likeness (QED) is 0.756. The summed E-state index contributed by atoms with van der Waals surface area (Å²) in [6, 6.07) is 0. The van der Waals surface area contributed by atoms with Crippen LogP contribution < -0.4 is 5.32 Å². The van der Waals surface area contributed by atoms with Gasteiger partial charge < -0.3 is 10.2 Å². The molecule has 0 aromatic heterocycles. The van der Waals surface area contributed by atoms with Crippen molar-refractivity contribution < 1.29 is 4.79 Å². The Balaban J connectivity index is 1.48. The number of carbonyl (C=O) groups excluding carboxylic acids is 1. The second-order valence-electron chi connectivity index (χ2n) is 6.06. The Kier molecular flexibility index (Phi) is 3.69. The van der Waals surface area contributed by atoms with Gasteiger partial charge in [-0.3, -0.25) is 4.79 Å². The summed E-state index contributed by atoms with van der Waals surface area (Å²) in [7, 11) is 0. The molecular formula is C15H24N2O. The number of carbonyl (C=O) groups is 1. The van der Waals surface area contributed by atoms with E-state index < -0.39 is 0 Å². The second-order valence-corrected chi connectivity index (χ2v) is 6.06. The summed E-state index contributed by atoms with van der Waals surface area (Å²) < 4.78 is 0. The number of hydrogen-bond donors (Lipinski definition) is 1. The smallest absolute Gasteiger partial charge is 0.226 e. The number of hydrogen-bond acceptors (Lipinski definition) is 2. The van der Waals surface area contributed by atoms with Crippen LogP contribution in [0.1, 0.15) is 32.1 Å². The molecule has 1 atom stereocenters. The SMILES string of the molecule is O=C(C1CC=CC1)N1CCC(C2CCNC2)CC1. The maximum absolute atomic E-state index is 12.3. The molecule has 0 radical (unpaired) electrons. The largest absolute Gasteiger partial charge is 0.342 e. The van der Waals surface area contributed by atoms with Crippen molar-refractivity contribution in [2.24, 2.45) is 17.8 Å². The molecule has 2 aliphatic heterocycles. The first-order valence-corrected chi connectivity index (χ1v) is 7.49. The predicted octanol–water partition coefficient (Wildman–Crippen LogP) is 1.80. The van der Waals surface area contributed by atoms with Crippen LogP contribution in [0.25, 0.3) is 0 Å². The van der Waals surface area contributed by atoms with Crippen molar-refractivity contribution in [3.05, 3.63) is 12.2 Å². The Morgan fingerprint density at radius 1 is 1.06 bits per heavy atom. The number of nitrogens with one attached hydrogen (secondary N) is 1.